The van der Waals surface area contributed by atoms with E-state index in [1.807, 2.05) is 0 Å². The lowest BCUT2D eigenvalue weighted by Crippen LogP contribution is -2.51. The number of pyridine rings is 1. The molecule has 190 valence electrons. The minimum absolute atomic E-state index is 0.178. The first kappa shape index (κ1) is 23.1. The number of aromatic amines is 1. The van der Waals surface area contributed by atoms with Gasteiger partial charge in [0.2, 0.25) is 0 Å². The molecule has 2 bridgehead atoms. The summed E-state index contributed by atoms with van der Waals surface area (Å²) < 4.78 is 24.6. The predicted octanol–water partition coefficient (Wildman–Crippen LogP) is 4.72. The summed E-state index contributed by atoms with van der Waals surface area (Å²) in [5, 5.41) is 15.1. The molecule has 0 spiro atoms. The minimum atomic E-state index is -0.626. The number of halogens is 1. The van der Waals surface area contributed by atoms with Crippen LogP contribution in [0.4, 0.5) is 16.1 Å². The molecule has 3 aliphatic carbocycles. The monoisotopic (exact) mass is 506 g/mol. The molecule has 0 aliphatic heterocycles. The molecule has 4 heterocycles. The van der Waals surface area contributed by atoms with Crippen LogP contribution < -0.4 is 5.32 Å². The number of nitrogens with one attached hydrogen (secondary N) is 2. The Morgan fingerprint density at radius 3 is 2.73 bits per heavy atom. The van der Waals surface area contributed by atoms with Gasteiger partial charge in [-0.25, -0.2) is 19.3 Å². The molecule has 7 rings (SSSR count). The van der Waals surface area contributed by atoms with E-state index in [-0.39, 0.29) is 41.3 Å². The second-order valence-electron chi connectivity index (χ2n) is 9.50. The van der Waals surface area contributed by atoms with Crippen LogP contribution in [-0.4, -0.2) is 44.0 Å². The number of aromatic nitrogens is 4. The third-order valence-electron chi connectivity index (χ3n) is 7.50. The van der Waals surface area contributed by atoms with Crippen LogP contribution in [0.25, 0.3) is 33.9 Å². The summed E-state index contributed by atoms with van der Waals surface area (Å²) in [5.74, 6) is -0.147. The van der Waals surface area contributed by atoms with Crippen LogP contribution in [0, 0.1) is 33.7 Å². The van der Waals surface area contributed by atoms with E-state index in [1.165, 1.54) is 25.3 Å². The molecule has 2 atom stereocenters. The van der Waals surface area contributed by atoms with E-state index >= 15 is 0 Å². The second-order valence-corrected chi connectivity index (χ2v) is 9.50. The summed E-state index contributed by atoms with van der Waals surface area (Å²) in [6.07, 6.45) is 6.70. The molecule has 0 aromatic carbocycles. The number of hydrogen-bond donors (Lipinski definition) is 2. The molecule has 0 saturated heterocycles. The highest BCUT2D eigenvalue weighted by Gasteiger charge is 2.48. The van der Waals surface area contributed by atoms with E-state index in [4.69, 9.17) is 14.1 Å². The van der Waals surface area contributed by atoms with E-state index in [1.54, 1.807) is 12.3 Å². The molecular formula is C25H23FN6O5. The zero-order chi connectivity index (χ0) is 25.7. The second kappa shape index (κ2) is 8.95. The van der Waals surface area contributed by atoms with E-state index in [9.17, 15) is 19.3 Å². The first-order valence-electron chi connectivity index (χ1n) is 12.0. The maximum absolute atomic E-state index is 14.0. The standard InChI is InChI=1S/C25H23FN6O5/c1-36-25(33)21-12-2-4-13(5-3-12)22(21)30-19-9-17(18-6-7-20(37-18)32(34)35)29-24(31-19)16-11-28-23-15(16)8-14(26)10-27-23/h6-13,21-22H,2-5H2,1H3,(H,27,28)(H,29,30,31). The van der Waals surface area contributed by atoms with Crippen molar-refractivity contribution in [2.45, 2.75) is 31.7 Å². The third kappa shape index (κ3) is 4.07. The van der Waals surface area contributed by atoms with Crippen LogP contribution in [0.3, 0.4) is 0 Å². The van der Waals surface area contributed by atoms with Crippen LogP contribution in [0.1, 0.15) is 25.7 Å². The van der Waals surface area contributed by atoms with Crippen molar-refractivity contribution >= 4 is 28.7 Å². The summed E-state index contributed by atoms with van der Waals surface area (Å²) in [4.78, 5) is 39.6. The van der Waals surface area contributed by atoms with Gasteiger partial charge in [-0.2, -0.15) is 0 Å². The minimum Gasteiger partial charge on any atom is -0.469 e. The van der Waals surface area contributed by atoms with Crippen molar-refractivity contribution in [3.63, 3.8) is 0 Å². The van der Waals surface area contributed by atoms with Gasteiger partial charge in [-0.1, -0.05) is 0 Å². The molecule has 3 aliphatic rings. The molecule has 2 N–H and O–H groups in total. The van der Waals surface area contributed by atoms with Gasteiger partial charge in [-0.15, -0.1) is 0 Å². The molecule has 0 radical (unpaired) electrons. The first-order valence-corrected chi connectivity index (χ1v) is 12.0. The first-order chi connectivity index (χ1) is 17.9. The number of rotatable bonds is 6. The topological polar surface area (TPSA) is 149 Å². The Hall–Kier alpha value is -4.35. The Labute approximate surface area is 209 Å². The normalized spacial score (nSPS) is 22.8. The van der Waals surface area contributed by atoms with Crippen LogP contribution in [0.2, 0.25) is 0 Å². The largest absolute Gasteiger partial charge is 0.469 e. The number of carbonyl (C=O) groups excluding carboxylic acids is 1. The number of carbonyl (C=O) groups is 1. The fourth-order valence-electron chi connectivity index (χ4n) is 5.80. The average molecular weight is 506 g/mol. The van der Waals surface area contributed by atoms with E-state index in [0.29, 0.717) is 28.1 Å². The number of nitrogens with zero attached hydrogens (tertiary/aromatic N) is 4. The van der Waals surface area contributed by atoms with Crippen LogP contribution in [0.15, 0.2) is 41.1 Å². The quantitative estimate of drug-likeness (QED) is 0.215. The molecule has 4 aromatic rings. The fraction of sp³-hybridized carbons (Fsp3) is 0.360. The third-order valence-corrected chi connectivity index (χ3v) is 7.50. The molecular weight excluding hydrogens is 483 g/mol. The van der Waals surface area contributed by atoms with Crippen molar-refractivity contribution in [1.29, 1.82) is 0 Å². The molecule has 3 fully saturated rings. The molecule has 3 saturated carbocycles. The van der Waals surface area contributed by atoms with Crippen molar-refractivity contribution in [2.75, 3.05) is 12.4 Å². The summed E-state index contributed by atoms with van der Waals surface area (Å²) in [6.45, 7) is 0. The van der Waals surface area contributed by atoms with Gasteiger partial charge in [-0.3, -0.25) is 14.9 Å². The zero-order valence-electron chi connectivity index (χ0n) is 19.8. The van der Waals surface area contributed by atoms with Gasteiger partial charge in [-0.05, 0) is 49.7 Å². The Kier molecular flexibility index (Phi) is 5.58. The summed E-state index contributed by atoms with van der Waals surface area (Å²) in [7, 11) is 1.40. The number of methoxy groups -OCH3 is 1. The van der Waals surface area contributed by atoms with Crippen molar-refractivity contribution in [1.82, 2.24) is 19.9 Å². The number of esters is 1. The smallest absolute Gasteiger partial charge is 0.433 e. The van der Waals surface area contributed by atoms with E-state index in [2.05, 4.69) is 20.3 Å². The van der Waals surface area contributed by atoms with Crippen molar-refractivity contribution < 1.29 is 23.3 Å². The number of fused-ring (bicyclic) bond motifs is 4. The predicted molar refractivity (Wildman–Crippen MR) is 130 cm³/mol. The molecule has 4 aromatic heterocycles. The number of ether oxygens (including phenoxy) is 1. The number of H-pyrrole nitrogens is 1. The molecule has 11 nitrogen and oxygen atoms in total. The van der Waals surface area contributed by atoms with Crippen LogP contribution in [0.5, 0.6) is 0 Å². The summed E-state index contributed by atoms with van der Waals surface area (Å²) >= 11 is 0. The van der Waals surface area contributed by atoms with Gasteiger partial charge in [0, 0.05) is 29.3 Å². The zero-order valence-corrected chi connectivity index (χ0v) is 19.8. The summed E-state index contributed by atoms with van der Waals surface area (Å²) in [5.41, 5.74) is 1.27. The van der Waals surface area contributed by atoms with Gasteiger partial charge in [0.05, 0.1) is 25.3 Å². The Morgan fingerprint density at radius 2 is 2.00 bits per heavy atom. The molecule has 2 unspecified atom stereocenters. The maximum Gasteiger partial charge on any atom is 0.433 e. The van der Waals surface area contributed by atoms with E-state index in [0.717, 1.165) is 31.9 Å². The maximum atomic E-state index is 14.0. The highest BCUT2D eigenvalue weighted by molar-refractivity contribution is 5.92. The Bertz CT molecular complexity index is 1510. The number of nitro groups is 1. The fourth-order valence-corrected chi connectivity index (χ4v) is 5.80. The van der Waals surface area contributed by atoms with Crippen molar-refractivity contribution in [2.24, 2.45) is 17.8 Å². The average Bonchev–Trinajstić information content (AvgIpc) is 3.56. The number of hydrogen-bond acceptors (Lipinski definition) is 9. The molecule has 37 heavy (non-hydrogen) atoms. The van der Waals surface area contributed by atoms with Gasteiger partial charge in [0.25, 0.3) is 0 Å². The van der Waals surface area contributed by atoms with Crippen molar-refractivity contribution in [3.05, 3.63) is 52.6 Å². The van der Waals surface area contributed by atoms with E-state index < -0.39 is 16.6 Å². The lowest BCUT2D eigenvalue weighted by Gasteiger charge is -2.47. The Balaban J connectivity index is 1.45. The number of furan rings is 1. The number of anilines is 1. The van der Waals surface area contributed by atoms with Crippen molar-refractivity contribution in [3.8, 4) is 22.8 Å². The van der Waals surface area contributed by atoms with Gasteiger partial charge in [0.15, 0.2) is 11.6 Å². The lowest BCUT2D eigenvalue weighted by atomic mass is 9.61. The van der Waals surface area contributed by atoms with Gasteiger partial charge >= 0.3 is 11.9 Å². The molecule has 12 heteroatoms. The van der Waals surface area contributed by atoms with Gasteiger partial charge < -0.3 is 19.5 Å². The van der Waals surface area contributed by atoms with Crippen LogP contribution >= 0.6 is 0 Å². The van der Waals surface area contributed by atoms with Crippen LogP contribution in [-0.2, 0) is 9.53 Å². The summed E-state index contributed by atoms with van der Waals surface area (Å²) in [6, 6.07) is 5.50. The highest BCUT2D eigenvalue weighted by atomic mass is 19.1. The SMILES string of the molecule is COC(=O)C1C2CCC(CC2)C1Nc1cc(-c2ccc([N+](=O)[O-])o2)nc(-c2c[nH]c3ncc(F)cc23)n1. The van der Waals surface area contributed by atoms with Gasteiger partial charge in [0.1, 0.15) is 27.9 Å². The lowest BCUT2D eigenvalue weighted by molar-refractivity contribution is -0.401. The molecule has 0 amide bonds. The Morgan fingerprint density at radius 1 is 1.22 bits per heavy atom. The highest BCUT2D eigenvalue weighted by Crippen LogP contribution is 2.47.